The third-order valence-corrected chi connectivity index (χ3v) is 10.3. The van der Waals surface area contributed by atoms with Crippen molar-refractivity contribution in [1.29, 1.82) is 0 Å². The zero-order valence-corrected chi connectivity index (χ0v) is 28.1. The van der Waals surface area contributed by atoms with E-state index in [0.29, 0.717) is 6.42 Å². The number of carbonyl (C=O) groups excluding carboxylic acids is 3. The number of aliphatic hydroxyl groups excluding tert-OH is 1. The van der Waals surface area contributed by atoms with E-state index in [9.17, 15) is 19.5 Å². The molecule has 1 N–H and O–H groups in total. The molecule has 0 radical (unpaired) electrons. The number of Topliss-reactive ketones (excluding diaryl/α,β-unsaturated/α-hetero) is 1. The number of rotatable bonds is 5. The standard InChI is InChI=1S/C32H55NO10/c1-13-23-32(9)27(42-30(37)43-32)19(5)24(34)16(2)15-31(8,38-12)26(20(6)25(35)21(7)28(36)40-23)41-29-18(4)22(33(10)11)14-17(3)39-29/h16-23,25-27,29,35H,13-15H2,1-12H3/t16-,17-,18-,19+,20+,21-,22+,23-,25+,26-,27-,29+,31-,32-/m1/s1. The highest BCUT2D eigenvalue weighted by molar-refractivity contribution is 5.84. The Bertz CT molecular complexity index is 1010. The summed E-state index contributed by atoms with van der Waals surface area (Å²) in [7, 11) is 5.63. The fourth-order valence-electron chi connectivity index (χ4n) is 7.53. The Labute approximate surface area is 257 Å². The summed E-state index contributed by atoms with van der Waals surface area (Å²) in [6, 6.07) is 0.202. The lowest BCUT2D eigenvalue weighted by Crippen LogP contribution is -2.58. The van der Waals surface area contributed by atoms with E-state index in [-0.39, 0.29) is 30.3 Å². The van der Waals surface area contributed by atoms with Gasteiger partial charge in [0.15, 0.2) is 18.0 Å². The lowest BCUT2D eigenvalue weighted by molar-refractivity contribution is -0.288. The summed E-state index contributed by atoms with van der Waals surface area (Å²) in [4.78, 5) is 42.0. The topological polar surface area (TPSA) is 130 Å². The highest BCUT2D eigenvalue weighted by Crippen LogP contribution is 2.42. The second-order valence-electron chi connectivity index (χ2n) is 13.9. The van der Waals surface area contributed by atoms with Gasteiger partial charge < -0.3 is 38.4 Å². The van der Waals surface area contributed by atoms with Gasteiger partial charge in [0, 0.05) is 30.9 Å². The number of hydrogen-bond acceptors (Lipinski definition) is 11. The number of hydrogen-bond donors (Lipinski definition) is 1. The zero-order chi connectivity index (χ0) is 32.6. The third-order valence-electron chi connectivity index (χ3n) is 10.3. The monoisotopic (exact) mass is 613 g/mol. The van der Waals surface area contributed by atoms with Gasteiger partial charge in [-0.25, -0.2) is 4.79 Å². The molecule has 248 valence electrons. The molecule has 3 fully saturated rings. The van der Waals surface area contributed by atoms with E-state index in [1.807, 2.05) is 41.8 Å². The number of nitrogens with zero attached hydrogens (tertiary/aromatic N) is 1. The SMILES string of the molecule is CC[C@H]1OC(=O)[C@H](C)[C@@H](O)[C@H](C)[C@@H](O[C@@H]2O[C@H](C)C[C@H](N(C)C)[C@H]2C)[C@](C)(OC)C[C@@H](C)C(=O)[C@H](C)[C@H]2OC(=O)O[C@@]21C. The second kappa shape index (κ2) is 13.7. The van der Waals surface area contributed by atoms with Gasteiger partial charge in [0.25, 0.3) is 0 Å². The Hall–Kier alpha value is -1.79. The van der Waals surface area contributed by atoms with Crippen LogP contribution >= 0.6 is 0 Å². The van der Waals surface area contributed by atoms with E-state index < -0.39 is 77.7 Å². The molecule has 0 spiro atoms. The first kappa shape index (κ1) is 35.7. The normalized spacial score (nSPS) is 46.9. The predicted molar refractivity (Wildman–Crippen MR) is 158 cm³/mol. The van der Waals surface area contributed by atoms with E-state index in [4.69, 9.17) is 28.4 Å². The lowest BCUT2D eigenvalue weighted by Gasteiger charge is -2.48. The molecule has 0 aromatic carbocycles. The summed E-state index contributed by atoms with van der Waals surface area (Å²) in [5.41, 5.74) is -2.46. The molecule has 11 nitrogen and oxygen atoms in total. The minimum Gasteiger partial charge on any atom is -0.458 e. The molecule has 43 heavy (non-hydrogen) atoms. The molecule has 3 aliphatic heterocycles. The van der Waals surface area contributed by atoms with E-state index in [0.717, 1.165) is 6.42 Å². The molecule has 0 bridgehead atoms. The minimum absolute atomic E-state index is 0.00810. The average molecular weight is 614 g/mol. The molecular formula is C32H55NO10. The number of aliphatic hydroxyl groups is 1. The van der Waals surface area contributed by atoms with Gasteiger partial charge in [-0.3, -0.25) is 9.59 Å². The van der Waals surface area contributed by atoms with Crippen LogP contribution < -0.4 is 0 Å². The van der Waals surface area contributed by atoms with Crippen LogP contribution in [0.5, 0.6) is 0 Å². The van der Waals surface area contributed by atoms with E-state index in [1.165, 1.54) is 0 Å². The van der Waals surface area contributed by atoms with E-state index >= 15 is 0 Å². The summed E-state index contributed by atoms with van der Waals surface area (Å²) < 4.78 is 36.3. The van der Waals surface area contributed by atoms with Crippen molar-refractivity contribution in [1.82, 2.24) is 4.90 Å². The second-order valence-corrected chi connectivity index (χ2v) is 13.9. The van der Waals surface area contributed by atoms with Crippen molar-refractivity contribution in [3.8, 4) is 0 Å². The number of carbonyl (C=O) groups is 3. The van der Waals surface area contributed by atoms with Crippen LogP contribution in [0.2, 0.25) is 0 Å². The van der Waals surface area contributed by atoms with Gasteiger partial charge in [-0.15, -0.1) is 0 Å². The summed E-state index contributed by atoms with van der Waals surface area (Å²) in [6.07, 6.45) is -4.02. The van der Waals surface area contributed by atoms with Crippen LogP contribution in [0.25, 0.3) is 0 Å². The van der Waals surface area contributed by atoms with E-state index in [1.54, 1.807) is 34.8 Å². The van der Waals surface area contributed by atoms with Gasteiger partial charge in [-0.2, -0.15) is 0 Å². The van der Waals surface area contributed by atoms with Crippen molar-refractivity contribution < 1.29 is 47.9 Å². The summed E-state index contributed by atoms with van der Waals surface area (Å²) in [6.45, 7) is 16.3. The van der Waals surface area contributed by atoms with Gasteiger partial charge in [0.2, 0.25) is 0 Å². The highest BCUT2D eigenvalue weighted by Gasteiger charge is 2.59. The molecule has 0 saturated carbocycles. The van der Waals surface area contributed by atoms with Crippen LogP contribution in [0.15, 0.2) is 0 Å². The molecule has 3 rings (SSSR count). The summed E-state index contributed by atoms with van der Waals surface area (Å²) in [5, 5.41) is 11.7. The molecule has 0 aliphatic carbocycles. The van der Waals surface area contributed by atoms with Crippen molar-refractivity contribution in [2.45, 2.75) is 136 Å². The number of cyclic esters (lactones) is 1. The molecule has 0 aromatic rings. The average Bonchev–Trinajstić information content (AvgIpc) is 3.27. The summed E-state index contributed by atoms with van der Waals surface area (Å²) >= 11 is 0. The van der Waals surface area contributed by atoms with Gasteiger partial charge in [0.05, 0.1) is 35.7 Å². The fraction of sp³-hybridized carbons (Fsp3) is 0.906. The number of ether oxygens (including phenoxy) is 6. The summed E-state index contributed by atoms with van der Waals surface area (Å²) in [5.74, 6) is -3.69. The van der Waals surface area contributed by atoms with Crippen LogP contribution in [-0.2, 0) is 38.0 Å². The number of fused-ring (bicyclic) bond motifs is 1. The van der Waals surface area contributed by atoms with Crippen molar-refractivity contribution in [3.05, 3.63) is 0 Å². The van der Waals surface area contributed by atoms with Crippen LogP contribution in [0.4, 0.5) is 4.79 Å². The molecule has 3 heterocycles. The first-order valence-corrected chi connectivity index (χ1v) is 15.8. The van der Waals surface area contributed by atoms with E-state index in [2.05, 4.69) is 11.8 Å². The molecular weight excluding hydrogens is 558 g/mol. The first-order valence-electron chi connectivity index (χ1n) is 15.8. The quantitative estimate of drug-likeness (QED) is 0.452. The lowest BCUT2D eigenvalue weighted by atomic mass is 9.74. The fourth-order valence-corrected chi connectivity index (χ4v) is 7.53. The van der Waals surface area contributed by atoms with Crippen LogP contribution in [0, 0.1) is 29.6 Å². The molecule has 3 saturated heterocycles. The van der Waals surface area contributed by atoms with Crippen molar-refractivity contribution in [2.24, 2.45) is 29.6 Å². The van der Waals surface area contributed by atoms with Crippen molar-refractivity contribution in [2.75, 3.05) is 21.2 Å². The van der Waals surface area contributed by atoms with Gasteiger partial charge >= 0.3 is 12.1 Å². The molecule has 0 aromatic heterocycles. The highest BCUT2D eigenvalue weighted by atomic mass is 16.8. The Morgan fingerprint density at radius 2 is 1.60 bits per heavy atom. The number of methoxy groups -OCH3 is 1. The molecule has 3 aliphatic rings. The largest absolute Gasteiger partial charge is 0.509 e. The predicted octanol–water partition coefficient (Wildman–Crippen LogP) is 3.97. The maximum atomic E-state index is 13.9. The maximum Gasteiger partial charge on any atom is 0.509 e. The van der Waals surface area contributed by atoms with Crippen molar-refractivity contribution >= 4 is 17.9 Å². The van der Waals surface area contributed by atoms with Crippen LogP contribution in [-0.4, -0.2) is 103 Å². The first-order chi connectivity index (χ1) is 19.9. The minimum atomic E-state index is -1.39. The molecule has 14 atom stereocenters. The molecule has 0 unspecified atom stereocenters. The Kier molecular flexibility index (Phi) is 11.4. The van der Waals surface area contributed by atoms with Gasteiger partial charge in [0.1, 0.15) is 11.9 Å². The molecule has 0 amide bonds. The van der Waals surface area contributed by atoms with Gasteiger partial charge in [-0.05, 0) is 61.1 Å². The zero-order valence-electron chi connectivity index (χ0n) is 28.1. The Morgan fingerprint density at radius 3 is 2.16 bits per heavy atom. The van der Waals surface area contributed by atoms with Crippen molar-refractivity contribution in [3.63, 3.8) is 0 Å². The van der Waals surface area contributed by atoms with Crippen LogP contribution in [0.1, 0.15) is 81.6 Å². The van der Waals surface area contributed by atoms with Crippen LogP contribution in [0.3, 0.4) is 0 Å². The Morgan fingerprint density at radius 1 is 0.977 bits per heavy atom. The number of ketones is 1. The maximum absolute atomic E-state index is 13.9. The smallest absolute Gasteiger partial charge is 0.458 e. The Balaban J connectivity index is 2.08. The molecule has 11 heteroatoms. The number of esters is 1. The van der Waals surface area contributed by atoms with Gasteiger partial charge in [-0.1, -0.05) is 34.6 Å². The third kappa shape index (κ3) is 7.06.